The van der Waals surface area contributed by atoms with Crippen molar-refractivity contribution in [2.75, 3.05) is 6.61 Å². The summed E-state index contributed by atoms with van der Waals surface area (Å²) in [5.74, 6) is 1.52. The van der Waals surface area contributed by atoms with Crippen LogP contribution < -0.4 is 4.74 Å². The summed E-state index contributed by atoms with van der Waals surface area (Å²) in [5.41, 5.74) is 2.98. The molecule has 3 rings (SSSR count). The molecule has 0 radical (unpaired) electrons. The number of rotatable bonds is 4. The molecule has 0 amide bonds. The highest BCUT2D eigenvalue weighted by Gasteiger charge is 2.38. The van der Waals surface area contributed by atoms with Crippen LogP contribution in [0.3, 0.4) is 0 Å². The van der Waals surface area contributed by atoms with Gasteiger partial charge >= 0.3 is 0 Å². The molecule has 110 valence electrons. The molecule has 0 aromatic heterocycles. The van der Waals surface area contributed by atoms with Gasteiger partial charge in [-0.2, -0.15) is 0 Å². The van der Waals surface area contributed by atoms with E-state index in [-0.39, 0.29) is 6.10 Å². The van der Waals surface area contributed by atoms with Crippen molar-refractivity contribution in [3.63, 3.8) is 0 Å². The van der Waals surface area contributed by atoms with E-state index in [1.54, 1.807) is 0 Å². The lowest BCUT2D eigenvalue weighted by Crippen LogP contribution is -2.30. The molecule has 1 fully saturated rings. The van der Waals surface area contributed by atoms with Gasteiger partial charge in [-0.3, -0.25) is 0 Å². The second-order valence-electron chi connectivity index (χ2n) is 7.13. The largest absolute Gasteiger partial charge is 0.493 e. The molecular weight excluding hydrogens is 248 g/mol. The molecule has 0 saturated heterocycles. The van der Waals surface area contributed by atoms with E-state index >= 15 is 0 Å². The van der Waals surface area contributed by atoms with Gasteiger partial charge in [0.1, 0.15) is 5.75 Å². The zero-order valence-corrected chi connectivity index (χ0v) is 12.7. The maximum Gasteiger partial charge on any atom is 0.122 e. The summed E-state index contributed by atoms with van der Waals surface area (Å²) in [5, 5.41) is 10.5. The molecule has 2 atom stereocenters. The second-order valence-corrected chi connectivity index (χ2v) is 7.13. The van der Waals surface area contributed by atoms with Crippen LogP contribution in [0.15, 0.2) is 18.2 Å². The molecule has 1 aliphatic carbocycles. The Labute approximate surface area is 122 Å². The lowest BCUT2D eigenvalue weighted by Gasteiger charge is -2.31. The van der Waals surface area contributed by atoms with Gasteiger partial charge in [-0.15, -0.1) is 0 Å². The van der Waals surface area contributed by atoms with Crippen molar-refractivity contribution in [3.05, 3.63) is 29.3 Å². The lowest BCUT2D eigenvalue weighted by molar-refractivity contribution is 0.0478. The number of fused-ring (bicyclic) bond motifs is 1. The molecule has 0 spiro atoms. The minimum Gasteiger partial charge on any atom is -0.493 e. The van der Waals surface area contributed by atoms with Crippen LogP contribution in [0.5, 0.6) is 5.75 Å². The zero-order valence-electron chi connectivity index (χ0n) is 12.7. The first-order valence-corrected chi connectivity index (χ1v) is 7.99. The van der Waals surface area contributed by atoms with Crippen LogP contribution >= 0.6 is 0 Å². The molecule has 20 heavy (non-hydrogen) atoms. The van der Waals surface area contributed by atoms with Crippen molar-refractivity contribution in [2.45, 2.75) is 58.5 Å². The van der Waals surface area contributed by atoms with Gasteiger partial charge in [0.25, 0.3) is 0 Å². The molecule has 0 bridgehead atoms. The molecule has 2 nitrogen and oxygen atoms in total. The minimum absolute atomic E-state index is 0.156. The molecule has 1 saturated carbocycles. The van der Waals surface area contributed by atoms with E-state index in [1.165, 1.54) is 30.4 Å². The average molecular weight is 274 g/mol. The predicted molar refractivity (Wildman–Crippen MR) is 81.1 cm³/mol. The van der Waals surface area contributed by atoms with Crippen LogP contribution in [-0.4, -0.2) is 17.8 Å². The predicted octanol–water partition coefficient (Wildman–Crippen LogP) is 3.74. The maximum absolute atomic E-state index is 10.5. The van der Waals surface area contributed by atoms with Crippen LogP contribution in [-0.2, 0) is 12.8 Å². The fourth-order valence-electron chi connectivity index (χ4n) is 3.98. The van der Waals surface area contributed by atoms with Gasteiger partial charge < -0.3 is 9.84 Å². The molecule has 2 unspecified atom stereocenters. The molecule has 2 heteroatoms. The lowest BCUT2D eigenvalue weighted by atomic mass is 9.77. The van der Waals surface area contributed by atoms with E-state index in [1.807, 2.05) is 0 Å². The molecular formula is C18H26O2. The first-order valence-electron chi connectivity index (χ1n) is 7.99. The highest BCUT2D eigenvalue weighted by molar-refractivity contribution is 5.39. The molecule has 1 heterocycles. The van der Waals surface area contributed by atoms with Gasteiger partial charge in [0.15, 0.2) is 0 Å². The number of hydrogen-bond acceptors (Lipinski definition) is 2. The molecule has 1 aromatic rings. The first-order chi connectivity index (χ1) is 9.56. The van der Waals surface area contributed by atoms with Crippen LogP contribution in [0.4, 0.5) is 0 Å². The summed E-state index contributed by atoms with van der Waals surface area (Å²) in [4.78, 5) is 0. The smallest absolute Gasteiger partial charge is 0.122 e. The van der Waals surface area contributed by atoms with Gasteiger partial charge in [-0.25, -0.2) is 0 Å². The van der Waals surface area contributed by atoms with E-state index in [0.29, 0.717) is 11.3 Å². The van der Waals surface area contributed by atoms with E-state index in [9.17, 15) is 5.11 Å². The number of aryl methyl sites for hydroxylation is 1. The summed E-state index contributed by atoms with van der Waals surface area (Å²) in [7, 11) is 0. The summed E-state index contributed by atoms with van der Waals surface area (Å²) >= 11 is 0. The zero-order chi connectivity index (χ0) is 14.2. The number of ether oxygens (including phenoxy) is 1. The van der Waals surface area contributed by atoms with Crippen LogP contribution in [0, 0.1) is 11.3 Å². The quantitative estimate of drug-likeness (QED) is 0.906. The van der Waals surface area contributed by atoms with Crippen LogP contribution in [0.2, 0.25) is 0 Å². The van der Waals surface area contributed by atoms with Crippen molar-refractivity contribution < 1.29 is 9.84 Å². The standard InChI is InChI=1S/C18H26O2/c1-18(2)10-3-4-15(18)16(19)7-5-13-6-8-17-14(12-13)9-11-20-17/h6,8,12,15-16,19H,3-5,7,9-11H2,1-2H3. The number of hydrogen-bond donors (Lipinski definition) is 1. The van der Waals surface area contributed by atoms with Crippen molar-refractivity contribution in [3.8, 4) is 5.75 Å². The van der Waals surface area contributed by atoms with E-state index in [4.69, 9.17) is 4.74 Å². The normalized spacial score (nSPS) is 25.2. The Bertz CT molecular complexity index is 478. The van der Waals surface area contributed by atoms with Crippen LogP contribution in [0.1, 0.15) is 50.7 Å². The fraction of sp³-hybridized carbons (Fsp3) is 0.667. The third kappa shape index (κ3) is 2.71. The summed E-state index contributed by atoms with van der Waals surface area (Å²) in [6.45, 7) is 5.43. The van der Waals surface area contributed by atoms with E-state index < -0.39 is 0 Å². The highest BCUT2D eigenvalue weighted by Crippen LogP contribution is 2.45. The molecule has 1 aliphatic heterocycles. The number of aliphatic hydroxyl groups excluding tert-OH is 1. The maximum atomic E-state index is 10.5. The van der Waals surface area contributed by atoms with Crippen molar-refractivity contribution >= 4 is 0 Å². The Morgan fingerprint density at radius 1 is 1.40 bits per heavy atom. The van der Waals surface area contributed by atoms with E-state index in [0.717, 1.165) is 31.6 Å². The fourth-order valence-corrected chi connectivity index (χ4v) is 3.98. The van der Waals surface area contributed by atoms with Gasteiger partial charge in [0.05, 0.1) is 12.7 Å². The Morgan fingerprint density at radius 3 is 3.00 bits per heavy atom. The third-order valence-corrected chi connectivity index (χ3v) is 5.29. The second kappa shape index (κ2) is 5.40. The third-order valence-electron chi connectivity index (χ3n) is 5.29. The van der Waals surface area contributed by atoms with Crippen LogP contribution in [0.25, 0.3) is 0 Å². The molecule has 2 aliphatic rings. The van der Waals surface area contributed by atoms with Crippen molar-refractivity contribution in [1.82, 2.24) is 0 Å². The Morgan fingerprint density at radius 2 is 2.25 bits per heavy atom. The summed E-state index contributed by atoms with van der Waals surface area (Å²) < 4.78 is 5.54. The van der Waals surface area contributed by atoms with E-state index in [2.05, 4.69) is 32.0 Å². The topological polar surface area (TPSA) is 29.5 Å². The Hall–Kier alpha value is -1.02. The summed E-state index contributed by atoms with van der Waals surface area (Å²) in [6.07, 6.45) is 6.44. The summed E-state index contributed by atoms with van der Waals surface area (Å²) in [6, 6.07) is 6.50. The number of benzene rings is 1. The monoisotopic (exact) mass is 274 g/mol. The molecule has 1 aromatic carbocycles. The van der Waals surface area contributed by atoms with Gasteiger partial charge in [-0.1, -0.05) is 32.4 Å². The Balaban J connectivity index is 1.59. The first kappa shape index (κ1) is 13.9. The van der Waals surface area contributed by atoms with Crippen molar-refractivity contribution in [1.29, 1.82) is 0 Å². The average Bonchev–Trinajstić information content (AvgIpc) is 3.01. The SMILES string of the molecule is CC1(C)CCCC1C(O)CCc1ccc2c(c1)CCO2. The Kier molecular flexibility index (Phi) is 3.76. The van der Waals surface area contributed by atoms with Gasteiger partial charge in [-0.05, 0) is 54.2 Å². The minimum atomic E-state index is -0.156. The number of aliphatic hydroxyl groups is 1. The highest BCUT2D eigenvalue weighted by atomic mass is 16.5. The van der Waals surface area contributed by atoms with Gasteiger partial charge in [0.2, 0.25) is 0 Å². The molecule has 1 N–H and O–H groups in total. The van der Waals surface area contributed by atoms with Gasteiger partial charge in [0, 0.05) is 6.42 Å². The van der Waals surface area contributed by atoms with Crippen molar-refractivity contribution in [2.24, 2.45) is 11.3 Å².